The molecule has 0 saturated heterocycles. The van der Waals surface area contributed by atoms with E-state index < -0.39 is 10.0 Å². The van der Waals surface area contributed by atoms with Crippen molar-refractivity contribution in [3.8, 4) is 11.1 Å². The van der Waals surface area contributed by atoms with Gasteiger partial charge in [-0.2, -0.15) is 0 Å². The number of aromatic nitrogens is 2. The van der Waals surface area contributed by atoms with Crippen LogP contribution in [0.3, 0.4) is 0 Å². The zero-order valence-electron chi connectivity index (χ0n) is 14.2. The van der Waals surface area contributed by atoms with Crippen molar-refractivity contribution in [3.05, 3.63) is 77.8 Å². The first-order valence-corrected chi connectivity index (χ1v) is 9.86. The smallest absolute Gasteiger partial charge is 0.244 e. The van der Waals surface area contributed by atoms with Gasteiger partial charge in [0.15, 0.2) is 0 Å². The molecule has 0 bridgehead atoms. The summed E-state index contributed by atoms with van der Waals surface area (Å²) in [6, 6.07) is 14.2. The van der Waals surface area contributed by atoms with Gasteiger partial charge in [0.05, 0.1) is 5.02 Å². The van der Waals surface area contributed by atoms with E-state index >= 15 is 0 Å². The third kappa shape index (κ3) is 4.09. The van der Waals surface area contributed by atoms with E-state index in [9.17, 15) is 8.42 Å². The van der Waals surface area contributed by atoms with E-state index in [1.54, 1.807) is 37.8 Å². The number of benzene rings is 1. The predicted octanol–water partition coefficient (Wildman–Crippen LogP) is 3.66. The van der Waals surface area contributed by atoms with E-state index in [1.165, 1.54) is 10.4 Å². The fourth-order valence-corrected chi connectivity index (χ4v) is 4.22. The van der Waals surface area contributed by atoms with Crippen LogP contribution in [0, 0.1) is 0 Å². The number of hydrogen-bond acceptors (Lipinski definition) is 4. The summed E-state index contributed by atoms with van der Waals surface area (Å²) in [5.41, 5.74) is 2.53. The van der Waals surface area contributed by atoms with Crippen molar-refractivity contribution in [1.82, 2.24) is 14.3 Å². The van der Waals surface area contributed by atoms with Gasteiger partial charge in [-0.15, -0.1) is 0 Å². The highest BCUT2D eigenvalue weighted by atomic mass is 35.5. The third-order valence-electron chi connectivity index (χ3n) is 4.02. The Balaban J connectivity index is 1.80. The molecule has 1 aromatic carbocycles. The van der Waals surface area contributed by atoms with Gasteiger partial charge in [0.1, 0.15) is 4.90 Å². The Morgan fingerprint density at radius 3 is 2.54 bits per heavy atom. The number of halogens is 1. The highest BCUT2D eigenvalue weighted by Crippen LogP contribution is 2.29. The van der Waals surface area contributed by atoms with Crippen LogP contribution < -0.4 is 0 Å². The summed E-state index contributed by atoms with van der Waals surface area (Å²) >= 11 is 6.29. The molecule has 3 aromatic rings. The molecule has 0 fully saturated rings. The van der Waals surface area contributed by atoms with Crippen molar-refractivity contribution in [2.75, 3.05) is 13.6 Å². The molecule has 0 spiro atoms. The molecule has 3 rings (SSSR count). The number of likely N-dealkylation sites (N-methyl/N-ethyl adjacent to an activating group) is 1. The molecule has 0 radical (unpaired) electrons. The van der Waals surface area contributed by atoms with Gasteiger partial charge in [-0.1, -0.05) is 29.8 Å². The fourth-order valence-electron chi connectivity index (χ4n) is 2.53. The first kappa shape index (κ1) is 18.5. The van der Waals surface area contributed by atoms with Crippen molar-refractivity contribution in [3.63, 3.8) is 0 Å². The van der Waals surface area contributed by atoms with Gasteiger partial charge in [0.2, 0.25) is 10.0 Å². The monoisotopic (exact) mass is 387 g/mol. The number of nitrogens with zero attached hydrogens (tertiary/aromatic N) is 3. The van der Waals surface area contributed by atoms with Gasteiger partial charge in [-0.25, -0.2) is 12.7 Å². The van der Waals surface area contributed by atoms with Gasteiger partial charge in [-0.3, -0.25) is 9.97 Å². The minimum atomic E-state index is -3.68. The summed E-state index contributed by atoms with van der Waals surface area (Å²) in [5.74, 6) is 0. The SMILES string of the molecule is CN(CCc1ccccn1)S(=O)(=O)c1ccc(-c2cccnc2)cc1Cl. The Hall–Kier alpha value is -2.28. The van der Waals surface area contributed by atoms with E-state index in [2.05, 4.69) is 9.97 Å². The molecule has 0 amide bonds. The first-order chi connectivity index (χ1) is 12.5. The Labute approximate surface area is 158 Å². The van der Waals surface area contributed by atoms with Crippen molar-refractivity contribution < 1.29 is 8.42 Å². The maximum absolute atomic E-state index is 12.8. The maximum Gasteiger partial charge on any atom is 0.244 e. The predicted molar refractivity (Wildman–Crippen MR) is 102 cm³/mol. The summed E-state index contributed by atoms with van der Waals surface area (Å²) in [6.45, 7) is 0.319. The molecule has 134 valence electrons. The molecule has 0 saturated carbocycles. The van der Waals surface area contributed by atoms with Gasteiger partial charge < -0.3 is 0 Å². The van der Waals surface area contributed by atoms with Crippen molar-refractivity contribution in [2.24, 2.45) is 0 Å². The summed E-state index contributed by atoms with van der Waals surface area (Å²) in [7, 11) is -2.14. The van der Waals surface area contributed by atoms with Crippen LogP contribution >= 0.6 is 11.6 Å². The lowest BCUT2D eigenvalue weighted by atomic mass is 10.1. The van der Waals surface area contributed by atoms with Crippen molar-refractivity contribution in [2.45, 2.75) is 11.3 Å². The number of sulfonamides is 1. The normalized spacial score (nSPS) is 11.7. The molecule has 0 N–H and O–H groups in total. The van der Waals surface area contributed by atoms with E-state index in [0.717, 1.165) is 16.8 Å². The van der Waals surface area contributed by atoms with E-state index in [4.69, 9.17) is 11.6 Å². The Morgan fingerprint density at radius 2 is 1.88 bits per heavy atom. The lowest BCUT2D eigenvalue weighted by molar-refractivity contribution is 0.471. The zero-order chi connectivity index (χ0) is 18.6. The molecule has 26 heavy (non-hydrogen) atoms. The molecule has 0 aliphatic heterocycles. The second kappa shape index (κ2) is 7.95. The van der Waals surface area contributed by atoms with Gasteiger partial charge in [0, 0.05) is 49.9 Å². The van der Waals surface area contributed by atoms with Crippen LogP contribution in [0.25, 0.3) is 11.1 Å². The van der Waals surface area contributed by atoms with Crippen LogP contribution in [-0.2, 0) is 16.4 Å². The van der Waals surface area contributed by atoms with Crippen LogP contribution in [0.15, 0.2) is 72.0 Å². The lowest BCUT2D eigenvalue weighted by Crippen LogP contribution is -2.29. The molecule has 0 unspecified atom stereocenters. The van der Waals surface area contributed by atoms with Crippen molar-refractivity contribution >= 4 is 21.6 Å². The van der Waals surface area contributed by atoms with Gasteiger partial charge >= 0.3 is 0 Å². The minimum Gasteiger partial charge on any atom is -0.264 e. The summed E-state index contributed by atoms with van der Waals surface area (Å²) in [4.78, 5) is 8.38. The number of rotatable bonds is 6. The fraction of sp³-hybridized carbons (Fsp3) is 0.158. The maximum atomic E-state index is 12.8. The summed E-state index contributed by atoms with van der Waals surface area (Å²) in [6.07, 6.45) is 5.61. The van der Waals surface area contributed by atoms with Gasteiger partial charge in [-0.05, 0) is 35.9 Å². The Kier molecular flexibility index (Phi) is 5.66. The molecule has 0 atom stereocenters. The lowest BCUT2D eigenvalue weighted by Gasteiger charge is -2.18. The highest BCUT2D eigenvalue weighted by molar-refractivity contribution is 7.89. The largest absolute Gasteiger partial charge is 0.264 e. The second-order valence-corrected chi connectivity index (χ2v) is 8.21. The second-order valence-electron chi connectivity index (χ2n) is 5.78. The Morgan fingerprint density at radius 1 is 1.04 bits per heavy atom. The molecule has 2 heterocycles. The van der Waals surface area contributed by atoms with Crippen LogP contribution in [-0.4, -0.2) is 36.3 Å². The zero-order valence-corrected chi connectivity index (χ0v) is 15.8. The standard InChI is InChI=1S/C19H18ClN3O2S/c1-23(12-9-17-6-2-3-11-22-17)26(24,25)19-8-7-15(13-18(19)20)16-5-4-10-21-14-16/h2-8,10-11,13-14H,9,12H2,1H3. The topological polar surface area (TPSA) is 63.2 Å². The third-order valence-corrected chi connectivity index (χ3v) is 6.36. The molecular weight excluding hydrogens is 370 g/mol. The molecule has 0 aliphatic carbocycles. The van der Waals surface area contributed by atoms with Crippen LogP contribution in [0.2, 0.25) is 5.02 Å². The summed E-state index contributed by atoms with van der Waals surface area (Å²) in [5, 5.41) is 0.191. The van der Waals surface area contributed by atoms with E-state index in [1.807, 2.05) is 30.3 Å². The average molecular weight is 388 g/mol. The first-order valence-electron chi connectivity index (χ1n) is 8.04. The average Bonchev–Trinajstić information content (AvgIpc) is 2.67. The molecule has 7 heteroatoms. The van der Waals surface area contributed by atoms with Gasteiger partial charge in [0.25, 0.3) is 0 Å². The van der Waals surface area contributed by atoms with Crippen LogP contribution in [0.1, 0.15) is 5.69 Å². The quantitative estimate of drug-likeness (QED) is 0.647. The molecule has 5 nitrogen and oxygen atoms in total. The van der Waals surface area contributed by atoms with Crippen molar-refractivity contribution in [1.29, 1.82) is 0 Å². The summed E-state index contributed by atoms with van der Waals surface area (Å²) < 4.78 is 27.0. The van der Waals surface area contributed by atoms with E-state index in [0.29, 0.717) is 13.0 Å². The molecular formula is C19H18ClN3O2S. The minimum absolute atomic E-state index is 0.0929. The molecule has 2 aromatic heterocycles. The number of pyridine rings is 2. The number of hydrogen-bond donors (Lipinski definition) is 0. The molecule has 0 aliphatic rings. The van der Waals surface area contributed by atoms with E-state index in [-0.39, 0.29) is 9.92 Å². The highest BCUT2D eigenvalue weighted by Gasteiger charge is 2.23. The van der Waals surface area contributed by atoms with Crippen LogP contribution in [0.4, 0.5) is 0 Å². The Bertz CT molecular complexity index is 980. The van der Waals surface area contributed by atoms with Crippen LogP contribution in [0.5, 0.6) is 0 Å².